The van der Waals surface area contributed by atoms with Crippen molar-refractivity contribution in [3.8, 4) is 0 Å². The minimum Gasteiger partial charge on any atom is -0.391 e. The third-order valence-electron chi connectivity index (χ3n) is 4.80. The third-order valence-corrected chi connectivity index (χ3v) is 4.80. The number of hydrogen-bond acceptors (Lipinski definition) is 3. The zero-order chi connectivity index (χ0) is 17.5. The van der Waals surface area contributed by atoms with Crippen LogP contribution in [0.3, 0.4) is 0 Å². The van der Waals surface area contributed by atoms with Gasteiger partial charge in [-0.25, -0.2) is 0 Å². The fourth-order valence-corrected chi connectivity index (χ4v) is 3.48. The second kappa shape index (κ2) is 9.14. The van der Waals surface area contributed by atoms with Crippen molar-refractivity contribution < 1.29 is 9.84 Å². The highest BCUT2D eigenvalue weighted by Crippen LogP contribution is 2.16. The Bertz CT molecular complexity index is 620. The number of aliphatic hydroxyl groups excluding tert-OH is 1. The Hall–Kier alpha value is -1.68. The predicted octanol–water partition coefficient (Wildman–Crippen LogP) is 3.58. The molecule has 1 fully saturated rings. The van der Waals surface area contributed by atoms with E-state index in [0.717, 1.165) is 32.5 Å². The maximum Gasteiger partial charge on any atom is 0.0707 e. The summed E-state index contributed by atoms with van der Waals surface area (Å²) in [5.41, 5.74) is 3.75. The summed E-state index contributed by atoms with van der Waals surface area (Å²) in [5.74, 6) is 0. The normalized spacial score (nSPS) is 18.6. The Balaban J connectivity index is 1.61. The molecular weight excluding hydrogens is 310 g/mol. The molecule has 3 nitrogen and oxygen atoms in total. The van der Waals surface area contributed by atoms with Gasteiger partial charge >= 0.3 is 0 Å². The fraction of sp³-hybridized carbons (Fsp3) is 0.455. The van der Waals surface area contributed by atoms with Gasteiger partial charge < -0.3 is 9.84 Å². The van der Waals surface area contributed by atoms with Gasteiger partial charge in [0.1, 0.15) is 0 Å². The van der Waals surface area contributed by atoms with E-state index in [1.165, 1.54) is 16.7 Å². The summed E-state index contributed by atoms with van der Waals surface area (Å²) in [6, 6.07) is 18.9. The summed E-state index contributed by atoms with van der Waals surface area (Å²) in [7, 11) is 0. The van der Waals surface area contributed by atoms with Gasteiger partial charge in [-0.3, -0.25) is 4.90 Å². The van der Waals surface area contributed by atoms with Crippen LogP contribution in [-0.4, -0.2) is 41.9 Å². The molecule has 1 aliphatic rings. The Kier molecular flexibility index (Phi) is 6.62. The lowest BCUT2D eigenvalue weighted by atomic mass is 10.1. The van der Waals surface area contributed by atoms with Gasteiger partial charge in [0.15, 0.2) is 0 Å². The van der Waals surface area contributed by atoms with E-state index < -0.39 is 0 Å². The van der Waals surface area contributed by atoms with Crippen LogP contribution in [0.5, 0.6) is 0 Å². The lowest BCUT2D eigenvalue weighted by Crippen LogP contribution is -2.38. The van der Waals surface area contributed by atoms with Crippen LogP contribution in [0.1, 0.15) is 29.5 Å². The highest BCUT2D eigenvalue weighted by molar-refractivity contribution is 5.21. The van der Waals surface area contributed by atoms with Crippen LogP contribution < -0.4 is 0 Å². The van der Waals surface area contributed by atoms with Crippen molar-refractivity contribution in [1.29, 1.82) is 0 Å². The molecule has 3 rings (SSSR count). The smallest absolute Gasteiger partial charge is 0.0707 e. The number of aryl methyl sites for hydroxylation is 1. The molecular formula is C22H29NO2. The molecule has 0 aliphatic carbocycles. The second-order valence-corrected chi connectivity index (χ2v) is 7.16. The summed E-state index contributed by atoms with van der Waals surface area (Å²) in [4.78, 5) is 2.34. The van der Waals surface area contributed by atoms with Gasteiger partial charge in [-0.15, -0.1) is 0 Å². The monoisotopic (exact) mass is 339 g/mol. The zero-order valence-corrected chi connectivity index (χ0v) is 15.1. The predicted molar refractivity (Wildman–Crippen MR) is 102 cm³/mol. The Morgan fingerprint density at radius 3 is 2.52 bits per heavy atom. The van der Waals surface area contributed by atoms with Crippen LogP contribution in [0.25, 0.3) is 0 Å². The van der Waals surface area contributed by atoms with Crippen molar-refractivity contribution in [2.24, 2.45) is 0 Å². The molecule has 2 aromatic rings. The maximum absolute atomic E-state index is 10.6. The van der Waals surface area contributed by atoms with Crippen molar-refractivity contribution in [2.45, 2.75) is 44.9 Å². The molecule has 0 aromatic heterocycles. The molecule has 0 unspecified atom stereocenters. The number of benzene rings is 2. The van der Waals surface area contributed by atoms with E-state index in [1.807, 2.05) is 18.2 Å². The van der Waals surface area contributed by atoms with E-state index in [-0.39, 0.29) is 6.10 Å². The summed E-state index contributed by atoms with van der Waals surface area (Å²) >= 11 is 0. The lowest BCUT2D eigenvalue weighted by Gasteiger charge is -2.27. The van der Waals surface area contributed by atoms with Gasteiger partial charge in [0.05, 0.1) is 12.2 Å². The summed E-state index contributed by atoms with van der Waals surface area (Å²) in [6.45, 7) is 5.39. The van der Waals surface area contributed by atoms with Gasteiger partial charge in [-0.2, -0.15) is 0 Å². The first-order valence-corrected chi connectivity index (χ1v) is 9.30. The van der Waals surface area contributed by atoms with Gasteiger partial charge in [0.25, 0.3) is 0 Å². The lowest BCUT2D eigenvalue weighted by molar-refractivity contribution is 0.0464. The van der Waals surface area contributed by atoms with Crippen LogP contribution >= 0.6 is 0 Å². The van der Waals surface area contributed by atoms with Crippen LogP contribution in [0.4, 0.5) is 0 Å². The summed E-state index contributed by atoms with van der Waals surface area (Å²) in [6.07, 6.45) is 2.90. The van der Waals surface area contributed by atoms with E-state index in [0.29, 0.717) is 19.1 Å². The van der Waals surface area contributed by atoms with E-state index in [2.05, 4.69) is 48.2 Å². The quantitative estimate of drug-likeness (QED) is 0.798. The molecule has 1 N–H and O–H groups in total. The largest absolute Gasteiger partial charge is 0.391 e. The standard InChI is InChI=1S/C22H29NO2/c1-18-9-11-20(12-10-18)15-23(17-22-8-5-13-25-22)16-21(24)14-19-6-3-2-4-7-19/h2-4,6-7,9-12,21-22,24H,5,8,13-17H2,1H3/t21-,22-/m0/s1. The third kappa shape index (κ3) is 5.96. The number of nitrogens with zero attached hydrogens (tertiary/aromatic N) is 1. The first kappa shape index (κ1) is 18.1. The first-order valence-electron chi connectivity index (χ1n) is 9.30. The Labute approximate surface area is 151 Å². The molecule has 2 aromatic carbocycles. The SMILES string of the molecule is Cc1ccc(CN(C[C@@H](O)Cc2ccccc2)C[C@@H]2CCCO2)cc1. The van der Waals surface area contributed by atoms with Gasteiger partial charge in [0.2, 0.25) is 0 Å². The summed E-state index contributed by atoms with van der Waals surface area (Å²) in [5, 5.41) is 10.6. The van der Waals surface area contributed by atoms with Crippen LogP contribution in [-0.2, 0) is 17.7 Å². The molecule has 2 atom stereocenters. The second-order valence-electron chi connectivity index (χ2n) is 7.16. The molecule has 0 saturated carbocycles. The minimum atomic E-state index is -0.366. The minimum absolute atomic E-state index is 0.300. The van der Waals surface area contributed by atoms with Crippen molar-refractivity contribution in [1.82, 2.24) is 4.90 Å². The van der Waals surface area contributed by atoms with Crippen molar-refractivity contribution in [3.63, 3.8) is 0 Å². The number of hydrogen-bond donors (Lipinski definition) is 1. The van der Waals surface area contributed by atoms with Gasteiger partial charge in [-0.05, 0) is 37.3 Å². The molecule has 0 spiro atoms. The highest BCUT2D eigenvalue weighted by atomic mass is 16.5. The van der Waals surface area contributed by atoms with Crippen molar-refractivity contribution >= 4 is 0 Å². The van der Waals surface area contributed by atoms with E-state index in [9.17, 15) is 5.11 Å². The molecule has 0 amide bonds. The van der Waals surface area contributed by atoms with Crippen LogP contribution in [0.2, 0.25) is 0 Å². The average Bonchev–Trinajstić information content (AvgIpc) is 3.10. The van der Waals surface area contributed by atoms with E-state index in [1.54, 1.807) is 0 Å². The molecule has 0 radical (unpaired) electrons. The summed E-state index contributed by atoms with van der Waals surface area (Å²) < 4.78 is 5.82. The van der Waals surface area contributed by atoms with E-state index in [4.69, 9.17) is 4.74 Å². The molecule has 3 heteroatoms. The van der Waals surface area contributed by atoms with Crippen LogP contribution in [0.15, 0.2) is 54.6 Å². The van der Waals surface area contributed by atoms with Gasteiger partial charge in [-0.1, -0.05) is 60.2 Å². The van der Waals surface area contributed by atoms with Gasteiger partial charge in [0, 0.05) is 26.2 Å². The first-order chi connectivity index (χ1) is 12.2. The molecule has 1 aliphatic heterocycles. The topological polar surface area (TPSA) is 32.7 Å². The number of ether oxygens (including phenoxy) is 1. The average molecular weight is 339 g/mol. The van der Waals surface area contributed by atoms with Crippen molar-refractivity contribution in [2.75, 3.05) is 19.7 Å². The Morgan fingerprint density at radius 1 is 1.08 bits per heavy atom. The number of rotatable bonds is 8. The molecule has 134 valence electrons. The molecule has 0 bridgehead atoms. The molecule has 25 heavy (non-hydrogen) atoms. The highest BCUT2D eigenvalue weighted by Gasteiger charge is 2.21. The maximum atomic E-state index is 10.6. The molecule has 1 saturated heterocycles. The zero-order valence-electron chi connectivity index (χ0n) is 15.1. The van der Waals surface area contributed by atoms with Crippen LogP contribution in [0, 0.1) is 6.92 Å². The number of aliphatic hydroxyl groups is 1. The fourth-order valence-electron chi connectivity index (χ4n) is 3.48. The Morgan fingerprint density at radius 2 is 1.84 bits per heavy atom. The van der Waals surface area contributed by atoms with Crippen molar-refractivity contribution in [3.05, 3.63) is 71.3 Å². The van der Waals surface area contributed by atoms with E-state index >= 15 is 0 Å². The molecule has 1 heterocycles.